The zero-order valence-corrected chi connectivity index (χ0v) is 17.2. The van der Waals surface area contributed by atoms with Crippen molar-refractivity contribution in [2.24, 2.45) is 0 Å². The molecule has 0 saturated carbocycles. The van der Waals surface area contributed by atoms with Crippen LogP contribution >= 0.6 is 0 Å². The van der Waals surface area contributed by atoms with Gasteiger partial charge < -0.3 is 26.5 Å². The second-order valence-corrected chi connectivity index (χ2v) is 7.14. The maximum atomic E-state index is 12.3. The van der Waals surface area contributed by atoms with Crippen molar-refractivity contribution in [3.63, 3.8) is 0 Å². The normalized spacial score (nSPS) is 14.6. The summed E-state index contributed by atoms with van der Waals surface area (Å²) in [5, 5.41) is 2.38. The molecule has 3 aromatic rings. The summed E-state index contributed by atoms with van der Waals surface area (Å²) in [5.41, 5.74) is 0. The van der Waals surface area contributed by atoms with Gasteiger partial charge in [0.25, 0.3) is 5.91 Å². The Morgan fingerprint density at radius 1 is 0.931 bits per heavy atom. The molecule has 1 fully saturated rings. The zero-order chi connectivity index (χ0) is 19.2. The lowest BCUT2D eigenvalue weighted by Gasteiger charge is -2.34. The molecule has 29 heavy (non-hydrogen) atoms. The van der Waals surface area contributed by atoms with Crippen LogP contribution in [0.3, 0.4) is 0 Å². The maximum Gasteiger partial charge on any atom is 0.289 e. The van der Waals surface area contributed by atoms with Crippen LogP contribution in [0.2, 0.25) is 0 Å². The number of piperazine rings is 1. The van der Waals surface area contributed by atoms with E-state index in [0.29, 0.717) is 5.76 Å². The van der Waals surface area contributed by atoms with Gasteiger partial charge in [0.1, 0.15) is 5.75 Å². The largest absolute Gasteiger partial charge is 1.00 e. The number of ether oxygens (including phenoxy) is 1. The number of nitrogens with zero attached hydrogens (tertiary/aromatic N) is 2. The molecule has 0 bridgehead atoms. The van der Waals surface area contributed by atoms with Crippen LogP contribution in [0.1, 0.15) is 23.4 Å². The van der Waals surface area contributed by atoms with Gasteiger partial charge >= 0.3 is 0 Å². The van der Waals surface area contributed by atoms with E-state index in [0.717, 1.165) is 57.9 Å². The number of amides is 1. The minimum atomic E-state index is -0.00635. The van der Waals surface area contributed by atoms with E-state index in [1.165, 1.54) is 10.8 Å². The average Bonchev–Trinajstić information content (AvgIpc) is 3.28. The van der Waals surface area contributed by atoms with E-state index in [1.807, 2.05) is 29.2 Å². The minimum absolute atomic E-state index is 0. The van der Waals surface area contributed by atoms with Gasteiger partial charge in [0.05, 0.1) is 12.9 Å². The first-order valence-electron chi connectivity index (χ1n) is 9.97. The third kappa shape index (κ3) is 5.31. The molecule has 4 rings (SSSR count). The van der Waals surface area contributed by atoms with Crippen LogP contribution in [-0.4, -0.2) is 55.0 Å². The molecule has 0 aliphatic carbocycles. The van der Waals surface area contributed by atoms with E-state index in [1.54, 1.807) is 18.4 Å². The highest BCUT2D eigenvalue weighted by atomic mass is 35.5. The van der Waals surface area contributed by atoms with E-state index in [9.17, 15) is 4.79 Å². The molecule has 2 heterocycles. The summed E-state index contributed by atoms with van der Waals surface area (Å²) >= 11 is 0. The van der Waals surface area contributed by atoms with Crippen molar-refractivity contribution in [3.05, 3.63) is 66.6 Å². The van der Waals surface area contributed by atoms with Gasteiger partial charge in [-0.2, -0.15) is 0 Å². The highest BCUT2D eigenvalue weighted by Gasteiger charge is 2.23. The van der Waals surface area contributed by atoms with Crippen LogP contribution < -0.4 is 17.1 Å². The molecule has 1 aliphatic rings. The molecule has 6 heteroatoms. The van der Waals surface area contributed by atoms with E-state index in [-0.39, 0.29) is 18.3 Å². The van der Waals surface area contributed by atoms with Crippen molar-refractivity contribution in [1.82, 2.24) is 9.80 Å². The number of furan rings is 1. The van der Waals surface area contributed by atoms with E-state index in [2.05, 4.69) is 23.1 Å². The molecule has 1 saturated heterocycles. The number of rotatable bonds is 7. The van der Waals surface area contributed by atoms with Crippen molar-refractivity contribution < 1.29 is 26.4 Å². The average molecular weight is 414 g/mol. The Hall–Kier alpha value is -2.50. The minimum Gasteiger partial charge on any atom is -1.00 e. The van der Waals surface area contributed by atoms with Gasteiger partial charge in [-0.15, -0.1) is 0 Å². The first-order chi connectivity index (χ1) is 13.8. The molecular weight excluding hydrogens is 388 g/mol. The number of carbonyl (C=O) groups excluding carboxylic acids is 1. The molecular formula is C23H26ClN2O3-. The van der Waals surface area contributed by atoms with Crippen LogP contribution in [0.15, 0.2) is 65.3 Å². The number of hydrogen-bond acceptors (Lipinski definition) is 4. The lowest BCUT2D eigenvalue weighted by atomic mass is 10.1. The molecule has 1 aliphatic heterocycles. The molecule has 2 aromatic carbocycles. The second-order valence-electron chi connectivity index (χ2n) is 7.14. The SMILES string of the molecule is O=C(c1ccco1)N1CCN(CCCCOc2cccc3ccccc23)CC1.[Cl-]. The van der Waals surface area contributed by atoms with Gasteiger partial charge in [-0.05, 0) is 43.0 Å². The Morgan fingerprint density at radius 3 is 2.52 bits per heavy atom. The number of unbranched alkanes of at least 4 members (excludes halogenated alkanes) is 1. The first-order valence-corrected chi connectivity index (χ1v) is 9.97. The summed E-state index contributed by atoms with van der Waals surface area (Å²) in [4.78, 5) is 16.6. The van der Waals surface area contributed by atoms with E-state index in [4.69, 9.17) is 9.15 Å². The topological polar surface area (TPSA) is 45.9 Å². The second kappa shape index (κ2) is 10.3. The van der Waals surface area contributed by atoms with Gasteiger partial charge in [-0.25, -0.2) is 0 Å². The Morgan fingerprint density at radius 2 is 1.72 bits per heavy atom. The quantitative estimate of drug-likeness (QED) is 0.543. The van der Waals surface area contributed by atoms with Crippen molar-refractivity contribution in [1.29, 1.82) is 0 Å². The lowest BCUT2D eigenvalue weighted by Crippen LogP contribution is -3.00. The van der Waals surface area contributed by atoms with Gasteiger partial charge in [0.2, 0.25) is 0 Å². The van der Waals surface area contributed by atoms with Crippen LogP contribution in [0.5, 0.6) is 5.75 Å². The van der Waals surface area contributed by atoms with Gasteiger partial charge in [-0.3, -0.25) is 9.69 Å². The molecule has 0 atom stereocenters. The summed E-state index contributed by atoms with van der Waals surface area (Å²) in [6, 6.07) is 18.0. The smallest absolute Gasteiger partial charge is 0.289 e. The van der Waals surface area contributed by atoms with Crippen LogP contribution in [-0.2, 0) is 0 Å². The van der Waals surface area contributed by atoms with Crippen LogP contribution in [0.4, 0.5) is 0 Å². The predicted molar refractivity (Wildman–Crippen MR) is 110 cm³/mol. The highest BCUT2D eigenvalue weighted by molar-refractivity contribution is 5.91. The number of fused-ring (bicyclic) bond motifs is 1. The fourth-order valence-corrected chi connectivity index (χ4v) is 3.67. The Kier molecular flexibility index (Phi) is 7.55. The molecule has 0 unspecified atom stereocenters. The van der Waals surface area contributed by atoms with Gasteiger partial charge in [0, 0.05) is 31.6 Å². The van der Waals surface area contributed by atoms with Crippen molar-refractivity contribution in [3.8, 4) is 5.75 Å². The molecule has 0 radical (unpaired) electrons. The molecule has 5 nitrogen and oxygen atoms in total. The third-order valence-corrected chi connectivity index (χ3v) is 5.27. The maximum absolute atomic E-state index is 12.3. The molecule has 0 spiro atoms. The standard InChI is InChI=1S/C23H26N2O3.ClH/c26-23(22-11-6-18-28-22)25-15-13-24(14-16-25)12-3-4-17-27-21-10-5-8-19-7-1-2-9-20(19)21;/h1-2,5-11,18H,3-4,12-17H2;1H/p-1. The van der Waals surface area contributed by atoms with Crippen LogP contribution in [0.25, 0.3) is 10.8 Å². The fourth-order valence-electron chi connectivity index (χ4n) is 3.67. The Bertz CT molecular complexity index is 900. The van der Waals surface area contributed by atoms with Crippen LogP contribution in [0, 0.1) is 0 Å². The summed E-state index contributed by atoms with van der Waals surface area (Å²) in [6.07, 6.45) is 3.66. The number of halogens is 1. The fraction of sp³-hybridized carbons (Fsp3) is 0.348. The predicted octanol–water partition coefficient (Wildman–Crippen LogP) is 1.05. The zero-order valence-electron chi connectivity index (χ0n) is 16.4. The van der Waals surface area contributed by atoms with Crippen molar-refractivity contribution >= 4 is 16.7 Å². The lowest BCUT2D eigenvalue weighted by molar-refractivity contribution is -0.0000167. The molecule has 1 aromatic heterocycles. The van der Waals surface area contributed by atoms with Crippen molar-refractivity contribution in [2.75, 3.05) is 39.3 Å². The Labute approximate surface area is 177 Å². The highest BCUT2D eigenvalue weighted by Crippen LogP contribution is 2.25. The van der Waals surface area contributed by atoms with Gasteiger partial charge in [0.15, 0.2) is 5.76 Å². The van der Waals surface area contributed by atoms with E-state index < -0.39 is 0 Å². The van der Waals surface area contributed by atoms with Gasteiger partial charge in [-0.1, -0.05) is 36.4 Å². The summed E-state index contributed by atoms with van der Waals surface area (Å²) in [7, 11) is 0. The molecule has 0 N–H and O–H groups in total. The summed E-state index contributed by atoms with van der Waals surface area (Å²) in [5.74, 6) is 1.38. The number of carbonyl (C=O) groups is 1. The molecule has 154 valence electrons. The van der Waals surface area contributed by atoms with E-state index >= 15 is 0 Å². The number of hydrogen-bond donors (Lipinski definition) is 0. The monoisotopic (exact) mass is 413 g/mol. The molecule has 1 amide bonds. The van der Waals surface area contributed by atoms with Crippen molar-refractivity contribution in [2.45, 2.75) is 12.8 Å². The summed E-state index contributed by atoms with van der Waals surface area (Å²) in [6.45, 7) is 5.11. The third-order valence-electron chi connectivity index (χ3n) is 5.27. The number of benzene rings is 2. The first kappa shape index (κ1) is 21.2. The summed E-state index contributed by atoms with van der Waals surface area (Å²) < 4.78 is 11.2. The Balaban J connectivity index is 0.00000240.